The Kier molecular flexibility index (Phi) is 4.30. The van der Waals surface area contributed by atoms with Gasteiger partial charge in [0.25, 0.3) is 0 Å². The van der Waals surface area contributed by atoms with E-state index in [2.05, 4.69) is 21.7 Å². The van der Waals surface area contributed by atoms with Gasteiger partial charge in [-0.3, -0.25) is 4.79 Å². The Morgan fingerprint density at radius 3 is 3.14 bits per heavy atom. The summed E-state index contributed by atoms with van der Waals surface area (Å²) in [5.41, 5.74) is 1.72. The lowest BCUT2D eigenvalue weighted by Crippen LogP contribution is -2.37. The van der Waals surface area contributed by atoms with Crippen LogP contribution >= 0.6 is 23.7 Å². The van der Waals surface area contributed by atoms with E-state index in [0.717, 1.165) is 32.6 Å². The number of likely N-dealkylation sites (tertiary alicyclic amines) is 1. The molecule has 3 heterocycles. The van der Waals surface area contributed by atoms with Crippen molar-refractivity contribution < 1.29 is 4.79 Å². The molecule has 1 aliphatic carbocycles. The van der Waals surface area contributed by atoms with Gasteiger partial charge in [0.05, 0.1) is 5.92 Å². The molecule has 2 fully saturated rings. The molecular weight excluding hydrogens is 304 g/mol. The first kappa shape index (κ1) is 15.3. The summed E-state index contributed by atoms with van der Waals surface area (Å²) in [5.74, 6) is 0.544. The molecule has 0 aromatic carbocycles. The molecular formula is C16H23ClN2OS. The number of carbonyl (C=O) groups excluding carboxylic acids is 1. The van der Waals surface area contributed by atoms with Crippen molar-refractivity contribution in [3.63, 3.8) is 0 Å². The van der Waals surface area contributed by atoms with E-state index in [4.69, 9.17) is 0 Å². The third kappa shape index (κ3) is 2.62. The Balaban J connectivity index is 0.00000132. The fourth-order valence-corrected chi connectivity index (χ4v) is 5.22. The maximum absolute atomic E-state index is 12.9. The van der Waals surface area contributed by atoms with Crippen molar-refractivity contribution in [2.24, 2.45) is 5.41 Å². The van der Waals surface area contributed by atoms with Gasteiger partial charge in [0.15, 0.2) is 0 Å². The van der Waals surface area contributed by atoms with E-state index in [9.17, 15) is 4.79 Å². The molecule has 3 nitrogen and oxygen atoms in total. The summed E-state index contributed by atoms with van der Waals surface area (Å²) in [6.45, 7) is 4.18. The fraction of sp³-hybridized carbons (Fsp3) is 0.688. The van der Waals surface area contributed by atoms with Crippen LogP contribution in [0.1, 0.15) is 42.0 Å². The van der Waals surface area contributed by atoms with Gasteiger partial charge >= 0.3 is 0 Å². The van der Waals surface area contributed by atoms with Crippen LogP contribution < -0.4 is 5.32 Å². The summed E-state index contributed by atoms with van der Waals surface area (Å²) in [7, 11) is 0. The van der Waals surface area contributed by atoms with E-state index < -0.39 is 0 Å². The highest BCUT2D eigenvalue weighted by atomic mass is 35.5. The molecule has 1 N–H and O–H groups in total. The number of nitrogens with one attached hydrogen (secondary N) is 1. The van der Waals surface area contributed by atoms with Crippen LogP contribution in [0.15, 0.2) is 11.4 Å². The van der Waals surface area contributed by atoms with Crippen LogP contribution in [-0.4, -0.2) is 37.0 Å². The van der Waals surface area contributed by atoms with Gasteiger partial charge in [-0.1, -0.05) is 0 Å². The van der Waals surface area contributed by atoms with Crippen LogP contribution in [0.5, 0.6) is 0 Å². The smallest absolute Gasteiger partial charge is 0.230 e. The van der Waals surface area contributed by atoms with Crippen molar-refractivity contribution in [2.45, 2.75) is 38.0 Å². The van der Waals surface area contributed by atoms with Crippen LogP contribution in [0.25, 0.3) is 0 Å². The van der Waals surface area contributed by atoms with Crippen LogP contribution in [0.3, 0.4) is 0 Å². The normalized spacial score (nSPS) is 31.2. The van der Waals surface area contributed by atoms with E-state index in [-0.39, 0.29) is 18.3 Å². The SMILES string of the molecule is Cl.O=C(C1CCCc2sccc21)N1CCC2(CCNC2)C1. The van der Waals surface area contributed by atoms with E-state index in [1.165, 1.54) is 36.1 Å². The molecule has 0 radical (unpaired) electrons. The Morgan fingerprint density at radius 1 is 1.43 bits per heavy atom. The summed E-state index contributed by atoms with van der Waals surface area (Å²) in [5, 5.41) is 5.62. The lowest BCUT2D eigenvalue weighted by Gasteiger charge is -2.28. The van der Waals surface area contributed by atoms with Gasteiger partial charge in [-0.2, -0.15) is 0 Å². The average Bonchev–Trinajstić information content (AvgIpc) is 3.19. The van der Waals surface area contributed by atoms with Crippen molar-refractivity contribution in [1.29, 1.82) is 0 Å². The molecule has 1 aromatic heterocycles. The molecule has 3 aliphatic rings. The van der Waals surface area contributed by atoms with Crippen LogP contribution in [-0.2, 0) is 11.2 Å². The molecule has 4 rings (SSSR count). The molecule has 2 atom stereocenters. The number of hydrogen-bond acceptors (Lipinski definition) is 3. The first-order valence-corrected chi connectivity index (χ1v) is 8.71. The highest BCUT2D eigenvalue weighted by Gasteiger charge is 2.43. The van der Waals surface area contributed by atoms with Gasteiger partial charge < -0.3 is 10.2 Å². The molecule has 1 amide bonds. The number of aryl methyl sites for hydroxylation is 1. The first-order valence-electron chi connectivity index (χ1n) is 7.83. The quantitative estimate of drug-likeness (QED) is 0.860. The standard InChI is InChI=1S/C16H22N2OS.ClH/c19-15(13-2-1-3-14-12(13)4-9-20-14)18-8-6-16(11-18)5-7-17-10-16;/h4,9,13,17H,1-3,5-8,10-11H2;1H. The third-order valence-corrected chi connectivity index (χ3v) is 6.43. The van der Waals surface area contributed by atoms with Gasteiger partial charge in [-0.25, -0.2) is 0 Å². The predicted octanol–water partition coefficient (Wildman–Crippen LogP) is 2.80. The van der Waals surface area contributed by atoms with Gasteiger partial charge in [0.1, 0.15) is 0 Å². The van der Waals surface area contributed by atoms with Gasteiger partial charge in [0, 0.05) is 29.9 Å². The van der Waals surface area contributed by atoms with Crippen molar-refractivity contribution >= 4 is 29.7 Å². The lowest BCUT2D eigenvalue weighted by molar-refractivity contribution is -0.132. The number of halogens is 1. The van der Waals surface area contributed by atoms with Crippen molar-refractivity contribution in [3.8, 4) is 0 Å². The maximum Gasteiger partial charge on any atom is 0.230 e. The summed E-state index contributed by atoms with van der Waals surface area (Å²) in [6, 6.07) is 2.19. The van der Waals surface area contributed by atoms with E-state index in [0.29, 0.717) is 11.3 Å². The minimum Gasteiger partial charge on any atom is -0.342 e. The van der Waals surface area contributed by atoms with Crippen LogP contribution in [0.4, 0.5) is 0 Å². The summed E-state index contributed by atoms with van der Waals surface area (Å²) in [6.07, 6.45) is 5.82. The molecule has 0 bridgehead atoms. The molecule has 116 valence electrons. The fourth-order valence-electron chi connectivity index (χ4n) is 4.23. The second kappa shape index (κ2) is 5.90. The minimum atomic E-state index is 0. The zero-order chi connectivity index (χ0) is 13.6. The summed E-state index contributed by atoms with van der Waals surface area (Å²) >= 11 is 1.83. The largest absolute Gasteiger partial charge is 0.342 e. The molecule has 2 unspecified atom stereocenters. The second-order valence-electron chi connectivity index (χ2n) is 6.68. The predicted molar refractivity (Wildman–Crippen MR) is 88.4 cm³/mol. The van der Waals surface area contributed by atoms with Gasteiger partial charge in [-0.15, -0.1) is 23.7 Å². The number of carbonyl (C=O) groups is 1. The molecule has 2 aliphatic heterocycles. The van der Waals surface area contributed by atoms with Crippen LogP contribution in [0, 0.1) is 5.41 Å². The number of fused-ring (bicyclic) bond motifs is 1. The Labute approximate surface area is 136 Å². The highest BCUT2D eigenvalue weighted by molar-refractivity contribution is 7.10. The molecule has 1 spiro atoms. The van der Waals surface area contributed by atoms with E-state index >= 15 is 0 Å². The van der Waals surface area contributed by atoms with Crippen molar-refractivity contribution in [2.75, 3.05) is 26.2 Å². The molecule has 2 saturated heterocycles. The van der Waals surface area contributed by atoms with Crippen LogP contribution in [0.2, 0.25) is 0 Å². The van der Waals surface area contributed by atoms with Gasteiger partial charge in [0.2, 0.25) is 5.91 Å². The lowest BCUT2D eigenvalue weighted by atomic mass is 9.85. The summed E-state index contributed by atoms with van der Waals surface area (Å²) < 4.78 is 0. The molecule has 0 saturated carbocycles. The summed E-state index contributed by atoms with van der Waals surface area (Å²) in [4.78, 5) is 16.5. The number of nitrogens with zero attached hydrogens (tertiary/aromatic N) is 1. The number of amides is 1. The topological polar surface area (TPSA) is 32.3 Å². The molecule has 21 heavy (non-hydrogen) atoms. The zero-order valence-corrected chi connectivity index (χ0v) is 13.9. The second-order valence-corrected chi connectivity index (χ2v) is 7.68. The van der Waals surface area contributed by atoms with E-state index in [1.807, 2.05) is 11.3 Å². The first-order chi connectivity index (χ1) is 9.77. The van der Waals surface area contributed by atoms with Crippen molar-refractivity contribution in [3.05, 3.63) is 21.9 Å². The minimum absolute atomic E-state index is 0. The average molecular weight is 327 g/mol. The van der Waals surface area contributed by atoms with E-state index in [1.54, 1.807) is 0 Å². The Morgan fingerprint density at radius 2 is 2.33 bits per heavy atom. The zero-order valence-electron chi connectivity index (χ0n) is 12.3. The number of rotatable bonds is 1. The molecule has 1 aromatic rings. The van der Waals surface area contributed by atoms with Gasteiger partial charge in [-0.05, 0) is 55.7 Å². The van der Waals surface area contributed by atoms with Crippen molar-refractivity contribution in [1.82, 2.24) is 10.2 Å². The third-order valence-electron chi connectivity index (χ3n) is 5.43. The number of hydrogen-bond donors (Lipinski definition) is 1. The highest BCUT2D eigenvalue weighted by Crippen LogP contribution is 2.40. The molecule has 5 heteroatoms. The Bertz CT molecular complexity index is 524. The Hall–Kier alpha value is -0.580. The monoisotopic (exact) mass is 326 g/mol. The maximum atomic E-state index is 12.9. The number of thiophene rings is 1.